The fourth-order valence-electron chi connectivity index (χ4n) is 1.91. The summed E-state index contributed by atoms with van der Waals surface area (Å²) in [6.45, 7) is 4.16. The Bertz CT molecular complexity index is 620. The summed E-state index contributed by atoms with van der Waals surface area (Å²) in [5.41, 5.74) is 7.73. The summed E-state index contributed by atoms with van der Waals surface area (Å²) >= 11 is 0. The zero-order valence-electron chi connectivity index (χ0n) is 12.3. The van der Waals surface area contributed by atoms with Crippen molar-refractivity contribution in [2.24, 2.45) is 0 Å². The minimum Gasteiger partial charge on any atom is -0.462 e. The number of benzene rings is 2. The van der Waals surface area contributed by atoms with Gasteiger partial charge in [0.15, 0.2) is 0 Å². The highest BCUT2D eigenvalue weighted by molar-refractivity contribution is 5.95. The van der Waals surface area contributed by atoms with E-state index >= 15 is 0 Å². The van der Waals surface area contributed by atoms with Gasteiger partial charge >= 0.3 is 5.97 Å². The van der Waals surface area contributed by atoms with Crippen molar-refractivity contribution in [2.45, 2.75) is 20.3 Å². The Morgan fingerprint density at radius 3 is 2.33 bits per heavy atom. The van der Waals surface area contributed by atoms with E-state index in [1.54, 1.807) is 25.1 Å². The first-order valence-corrected chi connectivity index (χ1v) is 6.97. The normalized spacial score (nSPS) is 10.2. The van der Waals surface area contributed by atoms with Gasteiger partial charge in [-0.05, 0) is 49.2 Å². The summed E-state index contributed by atoms with van der Waals surface area (Å²) in [6.07, 6.45) is 0.981. The lowest BCUT2D eigenvalue weighted by Gasteiger charge is -2.10. The molecule has 0 amide bonds. The highest BCUT2D eigenvalue weighted by Crippen LogP contribution is 2.26. The smallest absolute Gasteiger partial charge is 0.340 e. The molecule has 0 heterocycles. The summed E-state index contributed by atoms with van der Waals surface area (Å²) in [7, 11) is 0. The topological polar surface area (TPSA) is 61.5 Å². The number of hydrogen-bond acceptors (Lipinski definition) is 4. The lowest BCUT2D eigenvalue weighted by molar-refractivity contribution is 0.0527. The van der Waals surface area contributed by atoms with Crippen LogP contribution in [0.1, 0.15) is 29.8 Å². The van der Waals surface area contributed by atoms with E-state index in [0.29, 0.717) is 29.4 Å². The molecule has 21 heavy (non-hydrogen) atoms. The Labute approximate surface area is 124 Å². The number of hydrogen-bond donors (Lipinski definition) is 1. The maximum Gasteiger partial charge on any atom is 0.340 e. The van der Waals surface area contributed by atoms with Gasteiger partial charge in [0.25, 0.3) is 0 Å². The molecule has 0 aliphatic carbocycles. The summed E-state index contributed by atoms with van der Waals surface area (Å²) < 4.78 is 10.7. The molecule has 0 atom stereocenters. The van der Waals surface area contributed by atoms with Gasteiger partial charge in [0.05, 0.1) is 12.2 Å². The van der Waals surface area contributed by atoms with Crippen molar-refractivity contribution in [1.29, 1.82) is 0 Å². The molecule has 0 bridgehead atoms. The number of anilines is 1. The quantitative estimate of drug-likeness (QED) is 0.670. The zero-order valence-corrected chi connectivity index (χ0v) is 12.3. The van der Waals surface area contributed by atoms with Gasteiger partial charge < -0.3 is 15.2 Å². The van der Waals surface area contributed by atoms with Crippen LogP contribution in [0.2, 0.25) is 0 Å². The molecule has 0 aliphatic rings. The number of carbonyl (C=O) groups excluding carboxylic acids is 1. The number of aryl methyl sites for hydroxylation is 1. The molecule has 110 valence electrons. The third-order valence-electron chi connectivity index (χ3n) is 3.09. The minimum absolute atomic E-state index is 0.307. The highest BCUT2D eigenvalue weighted by atomic mass is 16.5. The van der Waals surface area contributed by atoms with Crippen molar-refractivity contribution in [3.05, 3.63) is 53.6 Å². The summed E-state index contributed by atoms with van der Waals surface area (Å²) in [5, 5.41) is 0. The van der Waals surface area contributed by atoms with Crippen LogP contribution in [0.5, 0.6) is 11.5 Å². The van der Waals surface area contributed by atoms with Crippen LogP contribution in [-0.2, 0) is 11.2 Å². The first-order chi connectivity index (χ1) is 10.1. The van der Waals surface area contributed by atoms with Crippen molar-refractivity contribution < 1.29 is 14.3 Å². The first-order valence-electron chi connectivity index (χ1n) is 6.97. The SMILES string of the molecule is CCOC(=O)c1cc(Oc2ccc(CC)cc2)ccc1N. The van der Waals surface area contributed by atoms with Crippen molar-refractivity contribution in [1.82, 2.24) is 0 Å². The minimum atomic E-state index is -0.443. The van der Waals surface area contributed by atoms with Crippen LogP contribution >= 0.6 is 0 Å². The standard InChI is InChI=1S/C17H19NO3/c1-3-12-5-7-13(8-6-12)21-14-9-10-16(18)15(11-14)17(19)20-4-2/h5-11H,3-4,18H2,1-2H3. The van der Waals surface area contributed by atoms with Crippen LogP contribution in [0.4, 0.5) is 5.69 Å². The van der Waals surface area contributed by atoms with Crippen molar-refractivity contribution in [3.8, 4) is 11.5 Å². The summed E-state index contributed by atoms with van der Waals surface area (Å²) in [4.78, 5) is 11.8. The average molecular weight is 285 g/mol. The van der Waals surface area contributed by atoms with E-state index < -0.39 is 5.97 Å². The Morgan fingerprint density at radius 1 is 1.05 bits per heavy atom. The molecule has 0 radical (unpaired) electrons. The largest absolute Gasteiger partial charge is 0.462 e. The molecule has 0 saturated heterocycles. The maximum atomic E-state index is 11.8. The van der Waals surface area contributed by atoms with E-state index in [1.165, 1.54) is 5.56 Å². The van der Waals surface area contributed by atoms with E-state index in [0.717, 1.165) is 6.42 Å². The number of carbonyl (C=O) groups is 1. The van der Waals surface area contributed by atoms with Gasteiger partial charge in [-0.3, -0.25) is 0 Å². The molecule has 2 aromatic carbocycles. The molecule has 0 aliphatic heterocycles. The second-order valence-corrected chi connectivity index (χ2v) is 4.57. The van der Waals surface area contributed by atoms with E-state index in [9.17, 15) is 4.79 Å². The average Bonchev–Trinajstić information content (AvgIpc) is 2.50. The fraction of sp³-hybridized carbons (Fsp3) is 0.235. The number of nitrogens with two attached hydrogens (primary N) is 1. The zero-order chi connectivity index (χ0) is 15.2. The molecule has 2 N–H and O–H groups in total. The third kappa shape index (κ3) is 3.75. The molecule has 0 spiro atoms. The molecule has 0 saturated carbocycles. The first kappa shape index (κ1) is 14.9. The van der Waals surface area contributed by atoms with Gasteiger partial charge in [-0.15, -0.1) is 0 Å². The molecule has 4 nitrogen and oxygen atoms in total. The Balaban J connectivity index is 2.20. The van der Waals surface area contributed by atoms with Gasteiger partial charge in [-0.1, -0.05) is 19.1 Å². The molecule has 0 aromatic heterocycles. The van der Waals surface area contributed by atoms with Crippen LogP contribution in [0, 0.1) is 0 Å². The van der Waals surface area contributed by atoms with E-state index in [2.05, 4.69) is 6.92 Å². The number of ether oxygens (including phenoxy) is 2. The molecule has 0 fully saturated rings. The van der Waals surface area contributed by atoms with Crippen LogP contribution < -0.4 is 10.5 Å². The number of esters is 1. The van der Waals surface area contributed by atoms with Crippen molar-refractivity contribution in [3.63, 3.8) is 0 Å². The second kappa shape index (κ2) is 6.79. The van der Waals surface area contributed by atoms with Crippen molar-refractivity contribution in [2.75, 3.05) is 12.3 Å². The molecule has 2 aromatic rings. The lowest BCUT2D eigenvalue weighted by Crippen LogP contribution is -2.08. The Kier molecular flexibility index (Phi) is 4.82. The predicted molar refractivity (Wildman–Crippen MR) is 82.7 cm³/mol. The van der Waals surface area contributed by atoms with E-state index in [1.807, 2.05) is 24.3 Å². The van der Waals surface area contributed by atoms with E-state index in [4.69, 9.17) is 15.2 Å². The van der Waals surface area contributed by atoms with Gasteiger partial charge in [-0.2, -0.15) is 0 Å². The summed E-state index contributed by atoms with van der Waals surface area (Å²) in [5.74, 6) is 0.824. The Hall–Kier alpha value is -2.49. The molecular weight excluding hydrogens is 266 g/mol. The predicted octanol–water partition coefficient (Wildman–Crippen LogP) is 3.80. The molecule has 4 heteroatoms. The molecule has 0 unspecified atom stereocenters. The van der Waals surface area contributed by atoms with Gasteiger partial charge in [0, 0.05) is 5.69 Å². The van der Waals surface area contributed by atoms with Crippen molar-refractivity contribution >= 4 is 11.7 Å². The van der Waals surface area contributed by atoms with E-state index in [-0.39, 0.29) is 0 Å². The van der Waals surface area contributed by atoms with Crippen LogP contribution in [0.3, 0.4) is 0 Å². The number of rotatable bonds is 5. The van der Waals surface area contributed by atoms with Gasteiger partial charge in [0.2, 0.25) is 0 Å². The van der Waals surface area contributed by atoms with Gasteiger partial charge in [-0.25, -0.2) is 4.79 Å². The molecular formula is C17H19NO3. The monoisotopic (exact) mass is 285 g/mol. The van der Waals surface area contributed by atoms with Crippen LogP contribution in [0.15, 0.2) is 42.5 Å². The second-order valence-electron chi connectivity index (χ2n) is 4.57. The van der Waals surface area contributed by atoms with Crippen LogP contribution in [-0.4, -0.2) is 12.6 Å². The fourth-order valence-corrected chi connectivity index (χ4v) is 1.91. The maximum absolute atomic E-state index is 11.8. The summed E-state index contributed by atoms with van der Waals surface area (Å²) in [6, 6.07) is 12.8. The highest BCUT2D eigenvalue weighted by Gasteiger charge is 2.12. The number of nitrogen functional groups attached to an aromatic ring is 1. The molecule has 2 rings (SSSR count). The van der Waals surface area contributed by atoms with Gasteiger partial charge in [0.1, 0.15) is 11.5 Å². The lowest BCUT2D eigenvalue weighted by atomic mass is 10.1. The van der Waals surface area contributed by atoms with Crippen LogP contribution in [0.25, 0.3) is 0 Å². The third-order valence-corrected chi connectivity index (χ3v) is 3.09. The Morgan fingerprint density at radius 2 is 1.71 bits per heavy atom.